The van der Waals surface area contributed by atoms with Gasteiger partial charge in [-0.3, -0.25) is 29.8 Å². The van der Waals surface area contributed by atoms with Crippen molar-refractivity contribution in [3.8, 4) is 0 Å². The van der Waals surface area contributed by atoms with Gasteiger partial charge in [-0.15, -0.1) is 0 Å². The van der Waals surface area contributed by atoms with Crippen molar-refractivity contribution in [1.82, 2.24) is 4.57 Å². The molecule has 0 aliphatic heterocycles. The number of nitrogens with zero attached hydrogens (tertiary/aromatic N) is 3. The maximum atomic E-state index is 11.5. The predicted molar refractivity (Wildman–Crippen MR) is 67.6 cm³/mol. The molecular weight excluding hydrogens is 306 g/mol. The molecule has 12 nitrogen and oxygen atoms in total. The molecule has 0 unspecified atom stereocenters. The van der Waals surface area contributed by atoms with Crippen LogP contribution >= 0.6 is 0 Å². The van der Waals surface area contributed by atoms with Crippen molar-refractivity contribution in [2.45, 2.75) is 18.9 Å². The summed E-state index contributed by atoms with van der Waals surface area (Å²) < 4.78 is 0.586. The number of carboxylic acid groups (broad SMARTS) is 2. The maximum Gasteiger partial charge on any atom is 0.339 e. The molecule has 0 bridgehead atoms. The zero-order chi connectivity index (χ0) is 17.0. The summed E-state index contributed by atoms with van der Waals surface area (Å²) >= 11 is 0. The monoisotopic (exact) mass is 315 g/mol. The Morgan fingerprint density at radius 1 is 1.14 bits per heavy atom. The van der Waals surface area contributed by atoms with Crippen LogP contribution in [0.3, 0.4) is 0 Å². The highest BCUT2D eigenvalue weighted by molar-refractivity contribution is 5.74. The lowest BCUT2D eigenvalue weighted by atomic mass is 10.1. The van der Waals surface area contributed by atoms with Gasteiger partial charge in [-0.1, -0.05) is 0 Å². The van der Waals surface area contributed by atoms with Crippen LogP contribution in [0.5, 0.6) is 0 Å². The Balaban J connectivity index is 3.46. The van der Waals surface area contributed by atoms with E-state index in [4.69, 9.17) is 10.2 Å². The van der Waals surface area contributed by atoms with E-state index < -0.39 is 57.5 Å². The number of aliphatic carboxylic acids is 2. The highest BCUT2D eigenvalue weighted by Gasteiger charge is 2.29. The molecule has 1 atom stereocenters. The molecule has 0 aromatic carbocycles. The second-order valence-corrected chi connectivity index (χ2v) is 4.11. The number of hydrogen-bond donors (Lipinski definition) is 2. The summed E-state index contributed by atoms with van der Waals surface area (Å²) in [5.41, 5.74) is -3.81. The lowest BCUT2D eigenvalue weighted by molar-refractivity contribution is -0.397. The van der Waals surface area contributed by atoms with Crippen LogP contribution < -0.4 is 5.43 Å². The third-order valence-electron chi connectivity index (χ3n) is 2.68. The second kappa shape index (κ2) is 6.43. The molecule has 0 saturated carbocycles. The third-order valence-corrected chi connectivity index (χ3v) is 2.68. The van der Waals surface area contributed by atoms with Gasteiger partial charge < -0.3 is 14.8 Å². The standard InChI is InChI=1S/C10H9N3O9/c14-8(15)2-1-5(10(17)18)11-3-6(12(19)20)9(16)7(4-11)13(21)22/h3-5H,1-2H2,(H,14,15)(H,17,18)/t5-/m0/s1. The highest BCUT2D eigenvalue weighted by atomic mass is 16.6. The van der Waals surface area contributed by atoms with Gasteiger partial charge >= 0.3 is 28.7 Å². The maximum absolute atomic E-state index is 11.5. The van der Waals surface area contributed by atoms with E-state index in [2.05, 4.69) is 0 Å². The van der Waals surface area contributed by atoms with Gasteiger partial charge in [-0.05, 0) is 6.42 Å². The van der Waals surface area contributed by atoms with Gasteiger partial charge in [0.25, 0.3) is 0 Å². The number of carboxylic acids is 2. The Morgan fingerprint density at radius 2 is 1.59 bits per heavy atom. The summed E-state index contributed by atoms with van der Waals surface area (Å²) in [4.78, 5) is 52.3. The van der Waals surface area contributed by atoms with Crippen LogP contribution in [0.1, 0.15) is 18.9 Å². The topological polar surface area (TPSA) is 183 Å². The minimum absolute atomic E-state index is 0.470. The largest absolute Gasteiger partial charge is 0.481 e. The van der Waals surface area contributed by atoms with Crippen LogP contribution in [0.25, 0.3) is 0 Å². The fourth-order valence-corrected chi connectivity index (χ4v) is 1.67. The molecule has 1 rings (SSSR count). The van der Waals surface area contributed by atoms with Crippen LogP contribution in [0.15, 0.2) is 17.2 Å². The summed E-state index contributed by atoms with van der Waals surface area (Å²) in [7, 11) is 0. The first-order chi connectivity index (χ1) is 10.1. The van der Waals surface area contributed by atoms with Crippen LogP contribution in [0.4, 0.5) is 11.4 Å². The van der Waals surface area contributed by atoms with Gasteiger partial charge in [-0.2, -0.15) is 0 Å². The second-order valence-electron chi connectivity index (χ2n) is 4.11. The van der Waals surface area contributed by atoms with E-state index in [1.165, 1.54) is 0 Å². The van der Waals surface area contributed by atoms with Crippen molar-refractivity contribution in [3.63, 3.8) is 0 Å². The van der Waals surface area contributed by atoms with Crippen LogP contribution in [0, 0.1) is 20.2 Å². The Kier molecular flexibility index (Phi) is 4.89. The summed E-state index contributed by atoms with van der Waals surface area (Å²) in [6.45, 7) is 0. The number of nitro groups is 2. The summed E-state index contributed by atoms with van der Waals surface area (Å²) in [5, 5.41) is 39.1. The third kappa shape index (κ3) is 3.62. The molecule has 1 heterocycles. The van der Waals surface area contributed by atoms with Crippen LogP contribution in [-0.4, -0.2) is 36.6 Å². The fraction of sp³-hybridized carbons (Fsp3) is 0.300. The highest BCUT2D eigenvalue weighted by Crippen LogP contribution is 2.20. The molecule has 118 valence electrons. The van der Waals surface area contributed by atoms with E-state index >= 15 is 0 Å². The van der Waals surface area contributed by atoms with E-state index in [1.807, 2.05) is 0 Å². The summed E-state index contributed by atoms with van der Waals surface area (Å²) in [6.07, 6.45) is 0.0263. The molecule has 0 fully saturated rings. The smallest absolute Gasteiger partial charge is 0.339 e. The van der Waals surface area contributed by atoms with Gasteiger partial charge in [-0.25, -0.2) is 4.79 Å². The van der Waals surface area contributed by atoms with Gasteiger partial charge in [0, 0.05) is 6.42 Å². The fourth-order valence-electron chi connectivity index (χ4n) is 1.67. The molecule has 0 aliphatic rings. The number of hydrogen-bond acceptors (Lipinski definition) is 7. The number of pyridine rings is 1. The molecule has 2 N–H and O–H groups in total. The Morgan fingerprint density at radius 3 is 1.91 bits per heavy atom. The Labute approximate surface area is 120 Å². The number of aromatic nitrogens is 1. The molecule has 0 radical (unpaired) electrons. The van der Waals surface area contributed by atoms with E-state index in [9.17, 15) is 34.6 Å². The first kappa shape index (κ1) is 16.7. The van der Waals surface area contributed by atoms with Crippen LogP contribution in [-0.2, 0) is 9.59 Å². The van der Waals surface area contributed by atoms with Gasteiger partial charge in [0.2, 0.25) is 0 Å². The molecule has 0 aliphatic carbocycles. The summed E-state index contributed by atoms with van der Waals surface area (Å²) in [6, 6.07) is -1.60. The lowest BCUT2D eigenvalue weighted by Crippen LogP contribution is -2.24. The zero-order valence-corrected chi connectivity index (χ0v) is 10.7. The number of rotatable bonds is 7. The quantitative estimate of drug-likeness (QED) is 0.522. The van der Waals surface area contributed by atoms with Crippen molar-refractivity contribution in [1.29, 1.82) is 0 Å². The van der Waals surface area contributed by atoms with E-state index in [1.54, 1.807) is 0 Å². The molecule has 0 saturated heterocycles. The molecular formula is C10H9N3O9. The zero-order valence-electron chi connectivity index (χ0n) is 10.7. The van der Waals surface area contributed by atoms with Gasteiger partial charge in [0.15, 0.2) is 0 Å². The van der Waals surface area contributed by atoms with Crippen molar-refractivity contribution in [2.75, 3.05) is 0 Å². The Bertz CT molecular complexity index is 670. The molecule has 0 amide bonds. The van der Waals surface area contributed by atoms with Gasteiger partial charge in [0.1, 0.15) is 6.04 Å². The van der Waals surface area contributed by atoms with E-state index in [0.717, 1.165) is 0 Å². The minimum Gasteiger partial charge on any atom is -0.481 e. The molecule has 1 aromatic rings. The van der Waals surface area contributed by atoms with Crippen molar-refractivity contribution >= 4 is 23.3 Å². The van der Waals surface area contributed by atoms with Crippen molar-refractivity contribution < 1.29 is 29.6 Å². The number of carbonyl (C=O) groups is 2. The summed E-state index contributed by atoms with van der Waals surface area (Å²) in [5.74, 6) is -2.86. The minimum atomic E-state index is -1.60. The van der Waals surface area contributed by atoms with E-state index in [0.29, 0.717) is 17.0 Å². The molecule has 12 heteroatoms. The predicted octanol–water partition coefficient (Wildman–Crippen LogP) is 0.155. The van der Waals surface area contributed by atoms with Crippen LogP contribution in [0.2, 0.25) is 0 Å². The Hall–Kier alpha value is -3.31. The molecule has 22 heavy (non-hydrogen) atoms. The SMILES string of the molecule is O=C(O)CC[C@@H](C(=O)O)n1cc([N+](=O)[O-])c(=O)c([N+](=O)[O-])c1. The van der Waals surface area contributed by atoms with Crippen molar-refractivity contribution in [3.05, 3.63) is 42.8 Å². The lowest BCUT2D eigenvalue weighted by Gasteiger charge is -2.14. The van der Waals surface area contributed by atoms with Crippen molar-refractivity contribution in [2.24, 2.45) is 0 Å². The normalized spacial score (nSPS) is 11.6. The van der Waals surface area contributed by atoms with Gasteiger partial charge in [0.05, 0.1) is 22.2 Å². The van der Waals surface area contributed by atoms with E-state index in [-0.39, 0.29) is 0 Å². The average Bonchev–Trinajstić information content (AvgIpc) is 2.38. The average molecular weight is 315 g/mol. The first-order valence-electron chi connectivity index (χ1n) is 5.64. The first-order valence-corrected chi connectivity index (χ1v) is 5.64. The molecule has 0 spiro atoms. The molecule has 1 aromatic heterocycles.